The molecule has 8 nitrogen and oxygen atoms in total. The van der Waals surface area contributed by atoms with Crippen molar-refractivity contribution in [1.29, 1.82) is 5.26 Å². The number of amides is 1. The largest absolute Gasteiger partial charge is 0.493 e. The molecule has 0 radical (unpaired) electrons. The number of aliphatic carboxylic acids is 1. The number of carbonyl (C=O) groups is 2. The lowest BCUT2D eigenvalue weighted by Gasteiger charge is -2.13. The predicted molar refractivity (Wildman–Crippen MR) is 99.4 cm³/mol. The molecule has 3 N–H and O–H groups in total. The average molecular weight is 379 g/mol. The number of nitrogens with one attached hydrogen (secondary N) is 2. The maximum atomic E-state index is 12.1. The fourth-order valence-corrected chi connectivity index (χ4v) is 2.43. The molecule has 1 aromatic rings. The fraction of sp³-hybridized carbons (Fsp3) is 0.353. The standard InChI is InChI=1S/C17H21N3O5S/c1-24-14-5-4-12(8-15(14)25-2)19-10-11(9-18)16(21)20-13(17(22)23)6-7-26-3/h4-5,8,10,13,19H,6-7H2,1-3H3,(H,20,21)(H,22,23)/b11-10-. The highest BCUT2D eigenvalue weighted by atomic mass is 32.2. The predicted octanol–water partition coefficient (Wildman–Crippen LogP) is 1.85. The molecule has 1 atom stereocenters. The van der Waals surface area contributed by atoms with Crippen molar-refractivity contribution in [3.8, 4) is 17.6 Å². The molecule has 0 saturated heterocycles. The van der Waals surface area contributed by atoms with Crippen molar-refractivity contribution in [3.63, 3.8) is 0 Å². The Morgan fingerprint density at radius 2 is 2.04 bits per heavy atom. The molecule has 1 unspecified atom stereocenters. The van der Waals surface area contributed by atoms with Gasteiger partial charge in [-0.3, -0.25) is 4.79 Å². The number of anilines is 1. The number of nitriles is 1. The first-order valence-corrected chi connectivity index (χ1v) is 8.97. The van der Waals surface area contributed by atoms with E-state index in [1.165, 1.54) is 32.2 Å². The number of ether oxygens (including phenoxy) is 2. The molecule has 0 bridgehead atoms. The molecule has 140 valence electrons. The number of carboxylic acids is 1. The van der Waals surface area contributed by atoms with E-state index in [1.54, 1.807) is 24.3 Å². The van der Waals surface area contributed by atoms with Crippen LogP contribution in [0, 0.1) is 11.3 Å². The van der Waals surface area contributed by atoms with Gasteiger partial charge < -0.3 is 25.2 Å². The Hall–Kier alpha value is -2.86. The van der Waals surface area contributed by atoms with Crippen LogP contribution in [-0.2, 0) is 9.59 Å². The lowest BCUT2D eigenvalue weighted by Crippen LogP contribution is -2.41. The van der Waals surface area contributed by atoms with Crippen LogP contribution in [0.4, 0.5) is 5.69 Å². The molecule has 0 fully saturated rings. The van der Waals surface area contributed by atoms with Crippen LogP contribution in [0.5, 0.6) is 11.5 Å². The van der Waals surface area contributed by atoms with Crippen molar-refractivity contribution < 1.29 is 24.2 Å². The van der Waals surface area contributed by atoms with Gasteiger partial charge in [0.15, 0.2) is 11.5 Å². The van der Waals surface area contributed by atoms with Gasteiger partial charge in [-0.05, 0) is 30.6 Å². The van der Waals surface area contributed by atoms with Gasteiger partial charge in [0.05, 0.1) is 14.2 Å². The lowest BCUT2D eigenvalue weighted by molar-refractivity contribution is -0.141. The first kappa shape index (κ1) is 21.2. The number of hydrogen-bond donors (Lipinski definition) is 3. The zero-order chi connectivity index (χ0) is 19.5. The summed E-state index contributed by atoms with van der Waals surface area (Å²) < 4.78 is 10.3. The van der Waals surface area contributed by atoms with Crippen LogP contribution in [0.3, 0.4) is 0 Å². The number of hydrogen-bond acceptors (Lipinski definition) is 7. The average Bonchev–Trinajstić information content (AvgIpc) is 2.64. The number of carboxylic acid groups (broad SMARTS) is 1. The van der Waals surface area contributed by atoms with E-state index in [1.807, 2.05) is 6.26 Å². The van der Waals surface area contributed by atoms with Gasteiger partial charge in [-0.15, -0.1) is 0 Å². The van der Waals surface area contributed by atoms with Gasteiger partial charge >= 0.3 is 5.97 Å². The van der Waals surface area contributed by atoms with Crippen molar-refractivity contribution in [1.82, 2.24) is 5.32 Å². The third-order valence-electron chi connectivity index (χ3n) is 3.35. The molecule has 9 heteroatoms. The van der Waals surface area contributed by atoms with Crippen LogP contribution in [-0.4, -0.2) is 49.3 Å². The van der Waals surface area contributed by atoms with Gasteiger partial charge in [0, 0.05) is 18.0 Å². The van der Waals surface area contributed by atoms with E-state index >= 15 is 0 Å². The number of rotatable bonds is 10. The molecule has 0 aliphatic rings. The normalized spacial score (nSPS) is 11.8. The molecule has 1 amide bonds. The molecule has 1 rings (SSSR count). The summed E-state index contributed by atoms with van der Waals surface area (Å²) in [5.41, 5.74) is 0.329. The lowest BCUT2D eigenvalue weighted by atomic mass is 10.2. The maximum Gasteiger partial charge on any atom is 0.326 e. The van der Waals surface area contributed by atoms with Gasteiger partial charge in [-0.1, -0.05) is 0 Å². The third-order valence-corrected chi connectivity index (χ3v) is 3.99. The highest BCUT2D eigenvalue weighted by Gasteiger charge is 2.21. The van der Waals surface area contributed by atoms with E-state index in [4.69, 9.17) is 19.8 Å². The zero-order valence-electron chi connectivity index (χ0n) is 14.7. The Morgan fingerprint density at radius 1 is 1.35 bits per heavy atom. The van der Waals surface area contributed by atoms with Gasteiger partial charge in [-0.2, -0.15) is 17.0 Å². The van der Waals surface area contributed by atoms with Crippen LogP contribution < -0.4 is 20.1 Å². The van der Waals surface area contributed by atoms with Crippen molar-refractivity contribution in [2.24, 2.45) is 0 Å². The molecule has 0 heterocycles. The highest BCUT2D eigenvalue weighted by Crippen LogP contribution is 2.29. The fourth-order valence-electron chi connectivity index (χ4n) is 1.96. The van der Waals surface area contributed by atoms with Gasteiger partial charge in [0.2, 0.25) is 0 Å². The van der Waals surface area contributed by atoms with E-state index in [2.05, 4.69) is 10.6 Å². The summed E-state index contributed by atoms with van der Waals surface area (Å²) in [5, 5.41) is 23.5. The van der Waals surface area contributed by atoms with Crippen LogP contribution in [0.25, 0.3) is 0 Å². The quantitative estimate of drug-likeness (QED) is 0.416. The minimum Gasteiger partial charge on any atom is -0.493 e. The van der Waals surface area contributed by atoms with Gasteiger partial charge in [0.1, 0.15) is 17.7 Å². The summed E-state index contributed by atoms with van der Waals surface area (Å²) in [4.78, 5) is 23.3. The number of thioether (sulfide) groups is 1. The second-order valence-electron chi connectivity index (χ2n) is 5.03. The SMILES string of the molecule is COc1ccc(N/C=C(/C#N)C(=O)NC(CCSC)C(=O)O)cc1OC. The summed E-state index contributed by atoms with van der Waals surface area (Å²) in [6.07, 6.45) is 3.32. The highest BCUT2D eigenvalue weighted by molar-refractivity contribution is 7.98. The Kier molecular flexibility index (Phi) is 8.87. The van der Waals surface area contributed by atoms with E-state index in [9.17, 15) is 9.59 Å². The number of benzene rings is 1. The maximum absolute atomic E-state index is 12.1. The topological polar surface area (TPSA) is 121 Å². The molecule has 0 aromatic heterocycles. The minimum absolute atomic E-state index is 0.241. The Bertz CT molecular complexity index is 715. The minimum atomic E-state index is -1.14. The van der Waals surface area contributed by atoms with Gasteiger partial charge in [0.25, 0.3) is 5.91 Å². The van der Waals surface area contributed by atoms with E-state index in [0.717, 1.165) is 0 Å². The molecule has 0 spiro atoms. The first-order chi connectivity index (χ1) is 12.5. The van der Waals surface area contributed by atoms with Crippen molar-refractivity contribution in [2.45, 2.75) is 12.5 Å². The third kappa shape index (κ3) is 6.22. The molecule has 0 aliphatic heterocycles. The summed E-state index contributed by atoms with van der Waals surface area (Å²) >= 11 is 1.47. The van der Waals surface area contributed by atoms with Crippen LogP contribution >= 0.6 is 11.8 Å². The van der Waals surface area contributed by atoms with Crippen LogP contribution in [0.1, 0.15) is 6.42 Å². The first-order valence-electron chi connectivity index (χ1n) is 7.58. The van der Waals surface area contributed by atoms with E-state index < -0.39 is 17.9 Å². The Balaban J connectivity index is 2.85. The van der Waals surface area contributed by atoms with Crippen molar-refractivity contribution in [3.05, 3.63) is 30.0 Å². The smallest absolute Gasteiger partial charge is 0.326 e. The van der Waals surface area contributed by atoms with Gasteiger partial charge in [-0.25, -0.2) is 4.79 Å². The number of methoxy groups -OCH3 is 2. The molecular weight excluding hydrogens is 358 g/mol. The Morgan fingerprint density at radius 3 is 2.58 bits per heavy atom. The Labute approximate surface area is 156 Å². The van der Waals surface area contributed by atoms with Crippen LogP contribution in [0.2, 0.25) is 0 Å². The second-order valence-corrected chi connectivity index (χ2v) is 6.02. The number of carbonyl (C=O) groups excluding carboxylic acids is 1. The van der Waals surface area contributed by atoms with E-state index in [-0.39, 0.29) is 12.0 Å². The van der Waals surface area contributed by atoms with Crippen LogP contribution in [0.15, 0.2) is 30.0 Å². The summed E-state index contributed by atoms with van der Waals surface area (Å²) in [5.74, 6) is -0.297. The van der Waals surface area contributed by atoms with Crippen molar-refractivity contribution >= 4 is 29.3 Å². The summed E-state index contributed by atoms with van der Waals surface area (Å²) in [6, 6.07) is 5.70. The summed E-state index contributed by atoms with van der Waals surface area (Å²) in [6.45, 7) is 0. The molecule has 26 heavy (non-hydrogen) atoms. The number of nitrogens with zero attached hydrogens (tertiary/aromatic N) is 1. The monoisotopic (exact) mass is 379 g/mol. The zero-order valence-corrected chi connectivity index (χ0v) is 15.6. The molecule has 0 saturated carbocycles. The molecular formula is C17H21N3O5S. The molecule has 1 aromatic carbocycles. The molecule has 0 aliphatic carbocycles. The summed E-state index contributed by atoms with van der Waals surface area (Å²) in [7, 11) is 3.01. The van der Waals surface area contributed by atoms with E-state index in [0.29, 0.717) is 22.9 Å². The second kappa shape index (κ2) is 10.9. The van der Waals surface area contributed by atoms with Crippen molar-refractivity contribution in [2.75, 3.05) is 31.5 Å².